The molecular formula is C26H26F4O2. The Morgan fingerprint density at radius 3 is 2.00 bits per heavy atom. The lowest BCUT2D eigenvalue weighted by Crippen LogP contribution is -2.50. The first-order valence-electron chi connectivity index (χ1n) is 10.2. The Balaban J connectivity index is 1.91. The van der Waals surface area contributed by atoms with Gasteiger partial charge >= 0.3 is 6.18 Å². The normalized spacial score (nSPS) is 14.1. The number of ether oxygens (including phenoxy) is 1. The van der Waals surface area contributed by atoms with Crippen LogP contribution in [0.4, 0.5) is 17.6 Å². The maximum atomic E-state index is 14.1. The fourth-order valence-corrected chi connectivity index (χ4v) is 4.08. The van der Waals surface area contributed by atoms with Gasteiger partial charge in [-0.2, -0.15) is 13.2 Å². The van der Waals surface area contributed by atoms with Crippen molar-refractivity contribution in [2.24, 2.45) is 0 Å². The van der Waals surface area contributed by atoms with E-state index < -0.39 is 35.9 Å². The van der Waals surface area contributed by atoms with Gasteiger partial charge in [-0.25, -0.2) is 4.39 Å². The first kappa shape index (κ1) is 23.8. The Hall–Kier alpha value is -2.86. The maximum Gasteiger partial charge on any atom is 0.417 e. The Labute approximate surface area is 185 Å². The third-order valence-electron chi connectivity index (χ3n) is 5.71. The minimum Gasteiger partial charge on any atom is -0.496 e. The van der Waals surface area contributed by atoms with Gasteiger partial charge in [0.1, 0.15) is 11.6 Å². The van der Waals surface area contributed by atoms with Gasteiger partial charge < -0.3 is 9.84 Å². The van der Waals surface area contributed by atoms with E-state index in [1.54, 1.807) is 38.1 Å². The van der Waals surface area contributed by atoms with Crippen molar-refractivity contribution in [3.05, 3.63) is 89.7 Å². The highest BCUT2D eigenvalue weighted by molar-refractivity contribution is 5.63. The van der Waals surface area contributed by atoms with Crippen LogP contribution in [0.1, 0.15) is 31.4 Å². The third-order valence-corrected chi connectivity index (χ3v) is 5.71. The highest BCUT2D eigenvalue weighted by Gasteiger charge is 2.56. The van der Waals surface area contributed by atoms with E-state index in [2.05, 4.69) is 0 Å². The maximum absolute atomic E-state index is 14.1. The molecule has 0 radical (unpaired) electrons. The van der Waals surface area contributed by atoms with Gasteiger partial charge in [-0.05, 0) is 46.7 Å². The van der Waals surface area contributed by atoms with Gasteiger partial charge in [0.05, 0.1) is 7.11 Å². The average Bonchev–Trinajstić information content (AvgIpc) is 2.73. The Kier molecular flexibility index (Phi) is 6.65. The van der Waals surface area contributed by atoms with E-state index in [4.69, 9.17) is 4.74 Å². The lowest BCUT2D eigenvalue weighted by atomic mass is 9.72. The summed E-state index contributed by atoms with van der Waals surface area (Å²) in [5.74, 6) is -0.311. The molecule has 0 saturated carbocycles. The van der Waals surface area contributed by atoms with Crippen molar-refractivity contribution in [2.45, 2.75) is 43.9 Å². The predicted molar refractivity (Wildman–Crippen MR) is 117 cm³/mol. The van der Waals surface area contributed by atoms with Crippen LogP contribution in [0.25, 0.3) is 11.1 Å². The van der Waals surface area contributed by atoms with Crippen LogP contribution in [0.5, 0.6) is 5.75 Å². The van der Waals surface area contributed by atoms with E-state index in [0.717, 1.165) is 17.2 Å². The van der Waals surface area contributed by atoms with Crippen LogP contribution in [0.2, 0.25) is 0 Å². The summed E-state index contributed by atoms with van der Waals surface area (Å²) >= 11 is 0. The first-order valence-corrected chi connectivity index (χ1v) is 10.2. The molecule has 0 aliphatic heterocycles. The van der Waals surface area contributed by atoms with E-state index in [1.807, 2.05) is 30.3 Å². The van der Waals surface area contributed by atoms with Gasteiger partial charge in [0.2, 0.25) is 0 Å². The van der Waals surface area contributed by atoms with E-state index >= 15 is 0 Å². The smallest absolute Gasteiger partial charge is 0.417 e. The van der Waals surface area contributed by atoms with Crippen LogP contribution in [-0.2, 0) is 11.8 Å². The zero-order valence-electron chi connectivity index (χ0n) is 18.2. The number of rotatable bonds is 7. The molecule has 32 heavy (non-hydrogen) atoms. The molecule has 6 heteroatoms. The van der Waals surface area contributed by atoms with Crippen molar-refractivity contribution < 1.29 is 27.4 Å². The highest BCUT2D eigenvalue weighted by Crippen LogP contribution is 2.45. The molecule has 1 atom stereocenters. The van der Waals surface area contributed by atoms with Crippen LogP contribution < -0.4 is 4.74 Å². The molecule has 1 N–H and O–H groups in total. The first-order chi connectivity index (χ1) is 14.9. The molecule has 0 bridgehead atoms. The molecule has 0 fully saturated rings. The van der Waals surface area contributed by atoms with Crippen molar-refractivity contribution in [1.82, 2.24) is 0 Å². The summed E-state index contributed by atoms with van der Waals surface area (Å²) in [5.41, 5.74) is -1.79. The fourth-order valence-electron chi connectivity index (χ4n) is 4.08. The van der Waals surface area contributed by atoms with Crippen molar-refractivity contribution in [1.29, 1.82) is 0 Å². The zero-order valence-corrected chi connectivity index (χ0v) is 18.2. The van der Waals surface area contributed by atoms with Crippen molar-refractivity contribution in [2.75, 3.05) is 7.11 Å². The van der Waals surface area contributed by atoms with E-state index in [9.17, 15) is 22.7 Å². The molecule has 0 aliphatic rings. The van der Waals surface area contributed by atoms with Gasteiger partial charge in [-0.1, -0.05) is 68.4 Å². The standard InChI is InChI=1S/C26H26F4O2/c1-24(2,22-15-21(27)13-14-23(22)32-3)17-25(31,26(28,29)30)16-18-9-11-20(12-10-18)19-7-5-4-6-8-19/h4-15,31H,16-17H2,1-3H3. The highest BCUT2D eigenvalue weighted by atomic mass is 19.4. The van der Waals surface area contributed by atoms with Gasteiger partial charge in [0, 0.05) is 12.0 Å². The quantitative estimate of drug-likeness (QED) is 0.409. The zero-order chi connectivity index (χ0) is 23.6. The van der Waals surface area contributed by atoms with Gasteiger partial charge in [0.25, 0.3) is 0 Å². The van der Waals surface area contributed by atoms with Crippen LogP contribution in [0.15, 0.2) is 72.8 Å². The molecular weight excluding hydrogens is 420 g/mol. The lowest BCUT2D eigenvalue weighted by Gasteiger charge is -2.38. The summed E-state index contributed by atoms with van der Waals surface area (Å²) in [6.45, 7) is 3.08. The van der Waals surface area contributed by atoms with Crippen LogP contribution in [0.3, 0.4) is 0 Å². The summed E-state index contributed by atoms with van der Waals surface area (Å²) in [4.78, 5) is 0. The summed E-state index contributed by atoms with van der Waals surface area (Å²) in [7, 11) is 1.37. The van der Waals surface area contributed by atoms with E-state index in [-0.39, 0.29) is 11.3 Å². The molecule has 170 valence electrons. The molecule has 3 aromatic rings. The summed E-state index contributed by atoms with van der Waals surface area (Å²) in [5, 5.41) is 10.9. The minimum absolute atomic E-state index is 0.266. The summed E-state index contributed by atoms with van der Waals surface area (Å²) in [6.07, 6.45) is -6.17. The average molecular weight is 446 g/mol. The Morgan fingerprint density at radius 2 is 1.44 bits per heavy atom. The molecule has 0 aromatic heterocycles. The second-order valence-electron chi connectivity index (χ2n) is 8.67. The van der Waals surface area contributed by atoms with Gasteiger partial charge in [0.15, 0.2) is 5.60 Å². The van der Waals surface area contributed by atoms with E-state index in [1.165, 1.54) is 19.2 Å². The monoisotopic (exact) mass is 446 g/mol. The van der Waals surface area contributed by atoms with Gasteiger partial charge in [-0.3, -0.25) is 0 Å². The molecule has 0 heterocycles. The molecule has 3 aromatic carbocycles. The van der Waals surface area contributed by atoms with Crippen LogP contribution >= 0.6 is 0 Å². The molecule has 0 saturated heterocycles. The lowest BCUT2D eigenvalue weighted by molar-refractivity contribution is -0.266. The summed E-state index contributed by atoms with van der Waals surface area (Å²) < 4.78 is 61.4. The fraction of sp³-hybridized carbons (Fsp3) is 0.308. The van der Waals surface area contributed by atoms with Crippen LogP contribution in [0, 0.1) is 5.82 Å². The Bertz CT molecular complexity index is 1040. The number of alkyl halides is 3. The van der Waals surface area contributed by atoms with Crippen LogP contribution in [-0.4, -0.2) is 24.0 Å². The van der Waals surface area contributed by atoms with Crippen molar-refractivity contribution >= 4 is 0 Å². The second-order valence-corrected chi connectivity index (χ2v) is 8.67. The number of aliphatic hydroxyl groups is 1. The molecule has 2 nitrogen and oxygen atoms in total. The minimum atomic E-state index is -4.89. The second kappa shape index (κ2) is 8.94. The number of benzene rings is 3. The van der Waals surface area contributed by atoms with Gasteiger partial charge in [-0.15, -0.1) is 0 Å². The van der Waals surface area contributed by atoms with E-state index in [0.29, 0.717) is 5.56 Å². The van der Waals surface area contributed by atoms with Crippen molar-refractivity contribution in [3.8, 4) is 16.9 Å². The number of hydrogen-bond donors (Lipinski definition) is 1. The number of hydrogen-bond acceptors (Lipinski definition) is 2. The molecule has 0 aliphatic carbocycles. The van der Waals surface area contributed by atoms with Crippen molar-refractivity contribution in [3.63, 3.8) is 0 Å². The molecule has 0 spiro atoms. The molecule has 3 rings (SSSR count). The Morgan fingerprint density at radius 1 is 0.844 bits per heavy atom. The molecule has 0 amide bonds. The number of methoxy groups -OCH3 is 1. The number of halogens is 4. The third kappa shape index (κ3) is 5.13. The predicted octanol–water partition coefficient (Wildman–Crippen LogP) is 6.71. The molecule has 1 unspecified atom stereocenters. The SMILES string of the molecule is COc1ccc(F)cc1C(C)(C)CC(O)(Cc1ccc(-c2ccccc2)cc1)C(F)(F)F. The topological polar surface area (TPSA) is 29.5 Å². The largest absolute Gasteiger partial charge is 0.496 e. The summed E-state index contributed by atoms with van der Waals surface area (Å²) in [6, 6.07) is 19.9.